The standard InChI is InChI=1S/C22H43N5O2.HI/c1-4-23-22(25-15-18-29-19-11-7-5-6-8-12-19)24-14-10-17-27-16-9-13-20(27)21(28)26(2)3;/h19-20H,4-18H2,1-3H3,(H2,23,24,25);1H. The molecule has 0 spiro atoms. The van der Waals surface area contributed by atoms with Gasteiger partial charge in [-0.15, -0.1) is 24.0 Å². The number of carbonyl (C=O) groups excluding carboxylic acids is 1. The van der Waals surface area contributed by atoms with Gasteiger partial charge in [0.25, 0.3) is 0 Å². The largest absolute Gasteiger partial charge is 0.376 e. The fourth-order valence-corrected chi connectivity index (χ4v) is 4.28. The van der Waals surface area contributed by atoms with E-state index in [-0.39, 0.29) is 35.9 Å². The Bertz CT molecular complexity index is 496. The zero-order valence-electron chi connectivity index (χ0n) is 19.3. The highest BCUT2D eigenvalue weighted by Crippen LogP contribution is 2.20. The van der Waals surface area contributed by atoms with Crippen molar-refractivity contribution in [3.8, 4) is 0 Å². The molecule has 1 amide bonds. The summed E-state index contributed by atoms with van der Waals surface area (Å²) in [5, 5.41) is 6.70. The number of halogens is 1. The van der Waals surface area contributed by atoms with Crippen LogP contribution in [0.3, 0.4) is 0 Å². The van der Waals surface area contributed by atoms with Crippen molar-refractivity contribution in [1.29, 1.82) is 0 Å². The summed E-state index contributed by atoms with van der Waals surface area (Å²) < 4.78 is 6.05. The number of guanidine groups is 1. The topological polar surface area (TPSA) is 69.2 Å². The van der Waals surface area contributed by atoms with Crippen LogP contribution in [-0.4, -0.2) is 87.2 Å². The maximum absolute atomic E-state index is 12.3. The maximum Gasteiger partial charge on any atom is 0.239 e. The Kier molecular flexibility index (Phi) is 14.7. The molecule has 1 heterocycles. The van der Waals surface area contributed by atoms with Gasteiger partial charge in [-0.1, -0.05) is 25.7 Å². The predicted octanol–water partition coefficient (Wildman–Crippen LogP) is 2.84. The van der Waals surface area contributed by atoms with Gasteiger partial charge in [-0.05, 0) is 45.6 Å². The monoisotopic (exact) mass is 537 g/mol. The Morgan fingerprint density at radius 1 is 1.10 bits per heavy atom. The van der Waals surface area contributed by atoms with Crippen molar-refractivity contribution in [2.24, 2.45) is 4.99 Å². The average Bonchev–Trinajstić information content (AvgIpc) is 3.02. The van der Waals surface area contributed by atoms with Crippen LogP contribution in [0.2, 0.25) is 0 Å². The molecule has 7 nitrogen and oxygen atoms in total. The van der Waals surface area contributed by atoms with Gasteiger partial charge in [0.1, 0.15) is 0 Å². The third-order valence-electron chi connectivity index (χ3n) is 5.86. The summed E-state index contributed by atoms with van der Waals surface area (Å²) in [6.45, 7) is 7.16. The van der Waals surface area contributed by atoms with E-state index in [1.165, 1.54) is 38.5 Å². The quantitative estimate of drug-likeness (QED) is 0.148. The van der Waals surface area contributed by atoms with Gasteiger partial charge in [0.2, 0.25) is 5.91 Å². The highest BCUT2D eigenvalue weighted by Gasteiger charge is 2.30. The van der Waals surface area contributed by atoms with Crippen LogP contribution < -0.4 is 10.6 Å². The first-order valence-electron chi connectivity index (χ1n) is 11.7. The van der Waals surface area contributed by atoms with E-state index < -0.39 is 0 Å². The Morgan fingerprint density at radius 2 is 1.83 bits per heavy atom. The molecule has 1 unspecified atom stereocenters. The normalized spacial score (nSPS) is 21.0. The lowest BCUT2D eigenvalue weighted by atomic mass is 10.1. The van der Waals surface area contributed by atoms with Crippen LogP contribution >= 0.6 is 24.0 Å². The van der Waals surface area contributed by atoms with Crippen LogP contribution in [0.25, 0.3) is 0 Å². The number of hydrogen-bond acceptors (Lipinski definition) is 4. The summed E-state index contributed by atoms with van der Waals surface area (Å²) in [6.07, 6.45) is 11.2. The minimum absolute atomic E-state index is 0. The molecule has 0 bridgehead atoms. The van der Waals surface area contributed by atoms with E-state index in [0.29, 0.717) is 6.10 Å². The molecule has 8 heteroatoms. The molecule has 1 aliphatic carbocycles. The van der Waals surface area contributed by atoms with Crippen LogP contribution in [-0.2, 0) is 9.53 Å². The number of nitrogens with zero attached hydrogens (tertiary/aromatic N) is 3. The first kappa shape index (κ1) is 27.4. The van der Waals surface area contributed by atoms with Crippen molar-refractivity contribution in [3.63, 3.8) is 0 Å². The summed E-state index contributed by atoms with van der Waals surface area (Å²) in [4.78, 5) is 21.0. The lowest BCUT2D eigenvalue weighted by Crippen LogP contribution is -2.43. The van der Waals surface area contributed by atoms with E-state index in [9.17, 15) is 4.79 Å². The van der Waals surface area contributed by atoms with E-state index in [4.69, 9.17) is 9.73 Å². The molecule has 2 N–H and O–H groups in total. The van der Waals surface area contributed by atoms with Crippen LogP contribution in [0.15, 0.2) is 4.99 Å². The van der Waals surface area contributed by atoms with Crippen molar-refractivity contribution in [3.05, 3.63) is 0 Å². The fourth-order valence-electron chi connectivity index (χ4n) is 4.28. The zero-order chi connectivity index (χ0) is 20.9. The van der Waals surface area contributed by atoms with Crippen molar-refractivity contribution in [1.82, 2.24) is 20.4 Å². The van der Waals surface area contributed by atoms with Crippen molar-refractivity contribution in [2.45, 2.75) is 76.9 Å². The molecule has 30 heavy (non-hydrogen) atoms. The molecule has 176 valence electrons. The van der Waals surface area contributed by atoms with Crippen LogP contribution in [0, 0.1) is 0 Å². The summed E-state index contributed by atoms with van der Waals surface area (Å²) in [7, 11) is 3.69. The maximum atomic E-state index is 12.3. The first-order valence-corrected chi connectivity index (χ1v) is 11.7. The molecule has 2 rings (SSSR count). The van der Waals surface area contributed by atoms with E-state index in [1.54, 1.807) is 4.90 Å². The lowest BCUT2D eigenvalue weighted by Gasteiger charge is -2.25. The molecule has 0 aromatic heterocycles. The number of carbonyl (C=O) groups is 1. The molecule has 0 aromatic carbocycles. The van der Waals surface area contributed by atoms with Crippen molar-refractivity contribution in [2.75, 3.05) is 53.4 Å². The molecular weight excluding hydrogens is 493 g/mol. The SMILES string of the molecule is CCNC(=NCCCN1CCCC1C(=O)N(C)C)NCCOC1CCCCCC1.I. The minimum Gasteiger partial charge on any atom is -0.376 e. The molecule has 1 atom stereocenters. The van der Waals surface area contributed by atoms with E-state index in [0.717, 1.165) is 64.6 Å². The van der Waals surface area contributed by atoms with Crippen LogP contribution in [0.4, 0.5) is 0 Å². The number of likely N-dealkylation sites (N-methyl/N-ethyl adjacent to an activating group) is 1. The molecule has 1 saturated heterocycles. The second kappa shape index (κ2) is 16.1. The van der Waals surface area contributed by atoms with Gasteiger partial charge in [0, 0.05) is 40.3 Å². The van der Waals surface area contributed by atoms with Crippen LogP contribution in [0.5, 0.6) is 0 Å². The molecular formula is C22H44IN5O2. The van der Waals surface area contributed by atoms with Gasteiger partial charge in [0.05, 0.1) is 18.8 Å². The molecule has 2 aliphatic rings. The Hall–Kier alpha value is -0.610. The third kappa shape index (κ3) is 10.1. The Labute approximate surface area is 200 Å². The molecule has 0 aromatic rings. The summed E-state index contributed by atoms with van der Waals surface area (Å²) >= 11 is 0. The number of nitrogens with one attached hydrogen (secondary N) is 2. The lowest BCUT2D eigenvalue weighted by molar-refractivity contribution is -0.133. The van der Waals surface area contributed by atoms with Crippen molar-refractivity contribution >= 4 is 35.8 Å². The smallest absolute Gasteiger partial charge is 0.239 e. The Balaban J connectivity index is 0.00000450. The van der Waals surface area contributed by atoms with Gasteiger partial charge in [-0.3, -0.25) is 14.7 Å². The number of rotatable bonds is 10. The van der Waals surface area contributed by atoms with E-state index >= 15 is 0 Å². The predicted molar refractivity (Wildman–Crippen MR) is 135 cm³/mol. The molecule has 2 fully saturated rings. The fraction of sp³-hybridized carbons (Fsp3) is 0.909. The number of amides is 1. The number of hydrogen-bond donors (Lipinski definition) is 2. The van der Waals surface area contributed by atoms with Gasteiger partial charge >= 0.3 is 0 Å². The zero-order valence-corrected chi connectivity index (χ0v) is 21.7. The van der Waals surface area contributed by atoms with Gasteiger partial charge < -0.3 is 20.3 Å². The Morgan fingerprint density at radius 3 is 2.50 bits per heavy atom. The number of aliphatic imine (C=N–C) groups is 1. The van der Waals surface area contributed by atoms with Crippen LogP contribution in [0.1, 0.15) is 64.7 Å². The molecule has 1 saturated carbocycles. The van der Waals surface area contributed by atoms with Crippen molar-refractivity contribution < 1.29 is 9.53 Å². The molecule has 1 aliphatic heterocycles. The molecule has 0 radical (unpaired) electrons. The minimum atomic E-state index is 0. The van der Waals surface area contributed by atoms with Gasteiger partial charge in [-0.25, -0.2) is 0 Å². The third-order valence-corrected chi connectivity index (χ3v) is 5.86. The van der Waals surface area contributed by atoms with Gasteiger partial charge in [-0.2, -0.15) is 0 Å². The summed E-state index contributed by atoms with van der Waals surface area (Å²) in [5.41, 5.74) is 0. The highest BCUT2D eigenvalue weighted by molar-refractivity contribution is 14.0. The van der Waals surface area contributed by atoms with E-state index in [1.807, 2.05) is 14.1 Å². The summed E-state index contributed by atoms with van der Waals surface area (Å²) in [6, 6.07) is 0.0569. The van der Waals surface area contributed by atoms with Gasteiger partial charge in [0.15, 0.2) is 5.96 Å². The van der Waals surface area contributed by atoms with E-state index in [2.05, 4.69) is 22.5 Å². The second-order valence-electron chi connectivity index (χ2n) is 8.45. The number of ether oxygens (including phenoxy) is 1. The summed E-state index contributed by atoms with van der Waals surface area (Å²) in [5.74, 6) is 1.09. The highest BCUT2D eigenvalue weighted by atomic mass is 127. The first-order chi connectivity index (χ1) is 14.1. The number of likely N-dealkylation sites (tertiary alicyclic amines) is 1. The second-order valence-corrected chi connectivity index (χ2v) is 8.45. The average molecular weight is 538 g/mol.